The second-order valence-corrected chi connectivity index (χ2v) is 25.7. The number of hydrogen-bond donors (Lipinski definition) is 2. The number of phenolic OH excluding ortho intramolecular Hbond substituents is 2. The molecule has 0 unspecified atom stereocenters. The van der Waals surface area contributed by atoms with Crippen molar-refractivity contribution in [3.8, 4) is 77.1 Å². The molecule has 0 amide bonds. The van der Waals surface area contributed by atoms with E-state index in [1.165, 1.54) is 44.5 Å². The summed E-state index contributed by atoms with van der Waals surface area (Å²) in [4.78, 5) is 20.1. The Kier molecular flexibility index (Phi) is 17.6. The van der Waals surface area contributed by atoms with E-state index in [2.05, 4.69) is 178 Å². The Hall–Kier alpha value is -8.39. The van der Waals surface area contributed by atoms with Crippen molar-refractivity contribution < 1.29 is 31.3 Å². The van der Waals surface area contributed by atoms with E-state index in [4.69, 9.17) is 20.0 Å². The Bertz CT molecular complexity index is 4180. The molecule has 10 aromatic carbocycles. The van der Waals surface area contributed by atoms with Crippen LogP contribution in [0, 0.1) is 33.8 Å². The van der Waals surface area contributed by atoms with Crippen LogP contribution in [0.1, 0.15) is 86.1 Å². The van der Waals surface area contributed by atoms with Crippen LogP contribution in [0.4, 0.5) is 11.4 Å². The molecule has 0 aliphatic rings. The zero-order valence-corrected chi connectivity index (χ0v) is 53.4. The minimum Gasteiger partial charge on any atom is -0.507 e. The summed E-state index contributed by atoms with van der Waals surface area (Å²) in [6.45, 7) is 21.6. The molecule has 12 rings (SSSR count). The van der Waals surface area contributed by atoms with Gasteiger partial charge in [-0.05, 0) is 155 Å². The van der Waals surface area contributed by atoms with Crippen LogP contribution in [0.25, 0.3) is 86.1 Å². The molecule has 0 bridgehead atoms. The maximum Gasteiger partial charge on any atom is 0.126 e. The van der Waals surface area contributed by atoms with Gasteiger partial charge in [-0.2, -0.15) is 0 Å². The molecule has 0 aliphatic carbocycles. The first-order valence-electron chi connectivity index (χ1n) is 28.4. The van der Waals surface area contributed by atoms with Crippen molar-refractivity contribution in [2.24, 2.45) is 9.98 Å². The topological polar surface area (TPSA) is 91.0 Å². The first-order chi connectivity index (χ1) is 40.3. The van der Waals surface area contributed by atoms with Crippen molar-refractivity contribution in [3.63, 3.8) is 0 Å². The Labute approximate surface area is 522 Å². The molecule has 0 fully saturated rings. The van der Waals surface area contributed by atoms with Gasteiger partial charge in [0.15, 0.2) is 0 Å². The summed E-state index contributed by atoms with van der Waals surface area (Å²) in [5, 5.41) is 22.9. The summed E-state index contributed by atoms with van der Waals surface area (Å²) >= 11 is 3.36. The minimum atomic E-state index is -0.0288. The maximum atomic E-state index is 10.6. The third-order valence-electron chi connectivity index (χ3n) is 15.2. The van der Waals surface area contributed by atoms with E-state index in [9.17, 15) is 10.2 Å². The van der Waals surface area contributed by atoms with Crippen molar-refractivity contribution in [3.05, 3.63) is 251 Å². The minimum absolute atomic E-state index is 0. The van der Waals surface area contributed by atoms with Crippen LogP contribution in [0.2, 0.25) is 0 Å². The fourth-order valence-electron chi connectivity index (χ4n) is 10.4. The van der Waals surface area contributed by atoms with Gasteiger partial charge in [-0.3, -0.25) is 9.98 Å². The second kappa shape index (κ2) is 25.1. The normalized spacial score (nSPS) is 11.8. The van der Waals surface area contributed by atoms with E-state index in [1.807, 2.05) is 84.9 Å². The van der Waals surface area contributed by atoms with Crippen LogP contribution >= 0.6 is 22.7 Å². The van der Waals surface area contributed by atoms with E-state index in [0.717, 1.165) is 86.3 Å². The van der Waals surface area contributed by atoms with Gasteiger partial charge in [-0.25, -0.2) is 9.97 Å². The Balaban J connectivity index is 0.000000187. The summed E-state index contributed by atoms with van der Waals surface area (Å²) < 4.78 is 2.25. The smallest absolute Gasteiger partial charge is 0.126 e. The number of thiazole rings is 2. The Morgan fingerprint density at radius 2 is 0.871 bits per heavy atom. The molecule has 2 N–H and O–H groups in total. The van der Waals surface area contributed by atoms with Gasteiger partial charge >= 0.3 is 0 Å². The van der Waals surface area contributed by atoms with Crippen LogP contribution in [0.5, 0.6) is 11.5 Å². The standard InChI is InChI=1S/C38H34N2OS.C38H33N2OS.Pt/c2*1-24-15-16-25(2)31(19-24)27-21-32(26-11-7-6-8-12-26)36-35(22-27)42-37(40-36)30-13-9-10-14-33(30)39-23-28-20-29(38(3,4)5)17-18-34(28)41;/h6-23,41H,1-5H3;6-11,13-23,41H,1-5H3;/q;-1;. The van der Waals surface area contributed by atoms with E-state index < -0.39 is 0 Å². The van der Waals surface area contributed by atoms with Crippen molar-refractivity contribution >= 4 is 66.9 Å². The molecular weight excluding hydrogens is 1260 g/mol. The second-order valence-electron chi connectivity index (χ2n) is 23.7. The molecule has 2 heterocycles. The number of hydrogen-bond acceptors (Lipinski definition) is 8. The van der Waals surface area contributed by atoms with Crippen LogP contribution in [-0.4, -0.2) is 32.6 Å². The summed E-state index contributed by atoms with van der Waals surface area (Å²) in [5.41, 5.74) is 23.3. The van der Waals surface area contributed by atoms with Crippen LogP contribution in [0.15, 0.2) is 210 Å². The van der Waals surface area contributed by atoms with Crippen molar-refractivity contribution in [1.82, 2.24) is 9.97 Å². The quantitative estimate of drug-likeness (QED) is 0.105. The van der Waals surface area contributed by atoms with Crippen LogP contribution < -0.4 is 0 Å². The van der Waals surface area contributed by atoms with Gasteiger partial charge in [-0.1, -0.05) is 167 Å². The third-order valence-corrected chi connectivity index (χ3v) is 17.3. The maximum absolute atomic E-state index is 10.6. The zero-order chi connectivity index (χ0) is 58.9. The van der Waals surface area contributed by atoms with Crippen molar-refractivity contribution in [2.75, 3.05) is 0 Å². The number of benzene rings is 10. The van der Waals surface area contributed by atoms with E-state index in [-0.39, 0.29) is 43.4 Å². The summed E-state index contributed by atoms with van der Waals surface area (Å²) in [7, 11) is 0. The first kappa shape index (κ1) is 59.8. The molecule has 426 valence electrons. The molecule has 9 heteroatoms. The number of aromatic hydroxyl groups is 2. The average Bonchev–Trinajstić information content (AvgIpc) is 4.35. The molecule has 6 nitrogen and oxygen atoms in total. The number of phenols is 2. The molecule has 0 spiro atoms. The van der Waals surface area contributed by atoms with E-state index in [0.29, 0.717) is 11.1 Å². The van der Waals surface area contributed by atoms with E-state index >= 15 is 0 Å². The van der Waals surface area contributed by atoms with Crippen molar-refractivity contribution in [2.45, 2.75) is 80.1 Å². The molecule has 0 saturated heterocycles. The fraction of sp³-hybridized carbons (Fsp3) is 0.158. The molecule has 0 atom stereocenters. The number of nitrogens with zero attached hydrogens (tertiary/aromatic N) is 4. The average molecular weight is 1330 g/mol. The Morgan fingerprint density at radius 1 is 0.424 bits per heavy atom. The predicted octanol–water partition coefficient (Wildman–Crippen LogP) is 21.1. The molecule has 0 saturated carbocycles. The number of aryl methyl sites for hydroxylation is 4. The molecule has 85 heavy (non-hydrogen) atoms. The van der Waals surface area contributed by atoms with Gasteiger partial charge in [0.2, 0.25) is 0 Å². The van der Waals surface area contributed by atoms with Gasteiger partial charge in [0.05, 0.1) is 21.6 Å². The van der Waals surface area contributed by atoms with Crippen molar-refractivity contribution in [1.29, 1.82) is 0 Å². The number of aliphatic imine (C=N–C) groups is 2. The zero-order valence-electron chi connectivity index (χ0n) is 49.5. The largest absolute Gasteiger partial charge is 0.507 e. The molecular formula is C76H67N4O2PtS2-. The van der Waals surface area contributed by atoms with Gasteiger partial charge < -0.3 is 10.2 Å². The summed E-state index contributed by atoms with van der Waals surface area (Å²) in [5.74, 6) is 0.433. The monoisotopic (exact) mass is 1330 g/mol. The van der Waals surface area contributed by atoms with Gasteiger partial charge in [-0.15, -0.1) is 58.6 Å². The molecule has 2 aromatic heterocycles. The van der Waals surface area contributed by atoms with Crippen LogP contribution in [-0.2, 0) is 31.9 Å². The Morgan fingerprint density at radius 3 is 1.34 bits per heavy atom. The number of rotatable bonds is 10. The number of fused-ring (bicyclic) bond motifs is 2. The van der Waals surface area contributed by atoms with Gasteiger partial charge in [0, 0.05) is 71.5 Å². The molecule has 12 aromatic rings. The SMILES string of the molecule is Cc1ccc(C)c(-c2cc(-c3[c-]cccc3)c3nc(-c4ccccc4N=Cc4cc(C(C)(C)C)ccc4O)sc3c2)c1.Cc1ccc(C)c(-c2cc(-c3ccccc3)c3nc(-c4ccccc4N=Cc4cc(C(C)(C)C)ccc4O)sc3c2)c1.[Pt]. The molecule has 0 aliphatic heterocycles. The third kappa shape index (κ3) is 13.3. The first-order valence-corrected chi connectivity index (χ1v) is 30.0. The summed E-state index contributed by atoms with van der Waals surface area (Å²) in [6.07, 6.45) is 3.50. The van der Waals surface area contributed by atoms with Crippen LogP contribution in [0.3, 0.4) is 0 Å². The van der Waals surface area contributed by atoms with Gasteiger partial charge in [0.25, 0.3) is 0 Å². The molecule has 0 radical (unpaired) electrons. The number of para-hydroxylation sites is 2. The number of aromatic nitrogens is 2. The van der Waals surface area contributed by atoms with E-state index in [1.54, 1.807) is 47.2 Å². The summed E-state index contributed by atoms with van der Waals surface area (Å²) in [6, 6.07) is 71.9. The van der Waals surface area contributed by atoms with Gasteiger partial charge in [0.1, 0.15) is 21.5 Å². The predicted molar refractivity (Wildman–Crippen MR) is 358 cm³/mol. The fourth-order valence-corrected chi connectivity index (χ4v) is 12.5.